The molecule has 4 atom stereocenters. The van der Waals surface area contributed by atoms with Gasteiger partial charge in [0.05, 0.1) is 36.0 Å². The van der Waals surface area contributed by atoms with Gasteiger partial charge in [0, 0.05) is 11.0 Å². The number of phosphoric ester groups is 1. The molecule has 0 spiro atoms. The van der Waals surface area contributed by atoms with E-state index in [0.717, 1.165) is 48.9 Å². The van der Waals surface area contributed by atoms with Gasteiger partial charge in [-0.05, 0) is 62.3 Å². The average Bonchev–Trinajstić information content (AvgIpc) is 3.21. The summed E-state index contributed by atoms with van der Waals surface area (Å²) in [6.45, 7) is 0. The number of hydrogen-bond donors (Lipinski definition) is 3. The first-order valence-electron chi connectivity index (χ1n) is 10.8. The number of benzene rings is 1. The van der Waals surface area contributed by atoms with Crippen molar-refractivity contribution in [3.05, 3.63) is 42.4 Å². The molecule has 4 unspecified atom stereocenters. The highest BCUT2D eigenvalue weighted by Crippen LogP contribution is 2.65. The largest absolute Gasteiger partial charge is 0.469 e. The number of aliphatic hydroxyl groups is 1. The minimum absolute atomic E-state index is 0.0853. The van der Waals surface area contributed by atoms with Crippen molar-refractivity contribution < 1.29 is 24.0 Å². The van der Waals surface area contributed by atoms with Gasteiger partial charge in [-0.1, -0.05) is 24.3 Å². The van der Waals surface area contributed by atoms with E-state index < -0.39 is 24.9 Å². The maximum absolute atomic E-state index is 12.0. The summed E-state index contributed by atoms with van der Waals surface area (Å²) in [5.74, 6) is 0.831. The number of fused-ring (bicyclic) bond motifs is 3. The van der Waals surface area contributed by atoms with E-state index in [0.29, 0.717) is 24.7 Å². The molecule has 4 fully saturated rings. The van der Waals surface area contributed by atoms with Gasteiger partial charge in [0.1, 0.15) is 0 Å². The Bertz CT molecular complexity index is 1030. The lowest BCUT2D eigenvalue weighted by molar-refractivity contribution is -0.194. The van der Waals surface area contributed by atoms with Gasteiger partial charge in [-0.15, -0.1) is 0 Å². The molecule has 5 aliphatic rings. The van der Waals surface area contributed by atoms with Crippen molar-refractivity contribution in [1.82, 2.24) is 9.55 Å². The Morgan fingerprint density at radius 3 is 2.63 bits per heavy atom. The molecular weight excluding hydrogens is 403 g/mol. The van der Waals surface area contributed by atoms with Crippen LogP contribution in [0.25, 0.3) is 11.3 Å². The number of aromatic nitrogens is 2. The molecule has 1 aromatic carbocycles. The average molecular weight is 430 g/mol. The Kier molecular flexibility index (Phi) is 4.01. The molecule has 0 radical (unpaired) electrons. The zero-order valence-corrected chi connectivity index (χ0v) is 17.6. The fourth-order valence-corrected chi connectivity index (χ4v) is 8.25. The molecule has 4 saturated carbocycles. The van der Waals surface area contributed by atoms with E-state index in [-0.39, 0.29) is 6.04 Å². The van der Waals surface area contributed by atoms with E-state index >= 15 is 0 Å². The molecule has 7 rings (SSSR count). The topological polar surface area (TPSA) is 105 Å². The van der Waals surface area contributed by atoms with Crippen molar-refractivity contribution in [3.8, 4) is 11.3 Å². The minimum atomic E-state index is -4.68. The third kappa shape index (κ3) is 2.94. The molecule has 2 heterocycles. The lowest BCUT2D eigenvalue weighted by Crippen LogP contribution is -2.59. The van der Waals surface area contributed by atoms with Crippen LogP contribution in [0.1, 0.15) is 56.6 Å². The summed E-state index contributed by atoms with van der Waals surface area (Å²) in [6, 6.07) is 8.05. The molecule has 1 aromatic heterocycles. The molecule has 2 aromatic rings. The van der Waals surface area contributed by atoms with Crippen LogP contribution >= 0.6 is 7.82 Å². The van der Waals surface area contributed by atoms with E-state index in [9.17, 15) is 19.5 Å². The summed E-state index contributed by atoms with van der Waals surface area (Å²) in [7, 11) is -4.68. The summed E-state index contributed by atoms with van der Waals surface area (Å²) in [5, 5.41) is 11.2. The summed E-state index contributed by atoms with van der Waals surface area (Å²) in [5.41, 5.74) is 2.17. The van der Waals surface area contributed by atoms with Gasteiger partial charge < -0.3 is 19.5 Å². The van der Waals surface area contributed by atoms with E-state index in [4.69, 9.17) is 4.52 Å². The summed E-state index contributed by atoms with van der Waals surface area (Å²) in [4.78, 5) is 23.9. The van der Waals surface area contributed by atoms with Crippen LogP contribution in [-0.2, 0) is 9.09 Å². The number of rotatable bonds is 5. The van der Waals surface area contributed by atoms with E-state index in [1.54, 1.807) is 6.33 Å². The van der Waals surface area contributed by atoms with Crippen molar-refractivity contribution in [3.63, 3.8) is 0 Å². The van der Waals surface area contributed by atoms with Gasteiger partial charge in [0.2, 0.25) is 0 Å². The van der Waals surface area contributed by atoms with Gasteiger partial charge in [-0.25, -0.2) is 9.55 Å². The molecule has 30 heavy (non-hydrogen) atoms. The second-order valence-corrected chi connectivity index (χ2v) is 11.3. The number of imidazole rings is 1. The van der Waals surface area contributed by atoms with Crippen LogP contribution < -0.4 is 0 Å². The Morgan fingerprint density at radius 1 is 1.20 bits per heavy atom. The van der Waals surface area contributed by atoms with Crippen LogP contribution in [0.5, 0.6) is 0 Å². The molecule has 8 heteroatoms. The second kappa shape index (κ2) is 6.27. The minimum Gasteiger partial charge on any atom is -0.390 e. The van der Waals surface area contributed by atoms with Gasteiger partial charge in [0.15, 0.2) is 0 Å². The zero-order valence-electron chi connectivity index (χ0n) is 16.7. The quantitative estimate of drug-likeness (QED) is 0.626. The summed E-state index contributed by atoms with van der Waals surface area (Å²) < 4.78 is 19.7. The molecule has 4 bridgehead atoms. The summed E-state index contributed by atoms with van der Waals surface area (Å²) in [6.07, 6.45) is 8.53. The SMILES string of the molecule is O=P(O)(O)OC(CC1c2ccccc2-c2cncn21)C12CC3CC(CC(O)(C3)C1)C2. The smallest absolute Gasteiger partial charge is 0.390 e. The highest BCUT2D eigenvalue weighted by molar-refractivity contribution is 7.46. The Hall–Kier alpha value is -1.50. The Balaban J connectivity index is 1.40. The fourth-order valence-electron chi connectivity index (χ4n) is 7.61. The molecule has 160 valence electrons. The lowest BCUT2D eigenvalue weighted by atomic mass is 9.46. The maximum Gasteiger partial charge on any atom is 0.469 e. The van der Waals surface area contributed by atoms with Crippen molar-refractivity contribution in [1.29, 1.82) is 0 Å². The van der Waals surface area contributed by atoms with Crippen molar-refractivity contribution in [2.75, 3.05) is 0 Å². The normalized spacial score (nSPS) is 37.2. The molecule has 3 N–H and O–H groups in total. The Labute approximate surface area is 175 Å². The van der Waals surface area contributed by atoms with Crippen molar-refractivity contribution in [2.45, 2.75) is 62.7 Å². The van der Waals surface area contributed by atoms with Crippen molar-refractivity contribution in [2.24, 2.45) is 17.3 Å². The van der Waals surface area contributed by atoms with E-state index in [1.165, 1.54) is 0 Å². The lowest BCUT2D eigenvalue weighted by Gasteiger charge is -2.62. The fraction of sp³-hybridized carbons (Fsp3) is 0.591. The first-order valence-corrected chi connectivity index (χ1v) is 12.3. The monoisotopic (exact) mass is 430 g/mol. The third-order valence-electron chi connectivity index (χ3n) is 8.06. The predicted octanol–water partition coefficient (Wildman–Crippen LogP) is 3.65. The van der Waals surface area contributed by atoms with Gasteiger partial charge in [-0.3, -0.25) is 4.52 Å². The summed E-state index contributed by atoms with van der Waals surface area (Å²) >= 11 is 0. The van der Waals surface area contributed by atoms with Crippen molar-refractivity contribution >= 4 is 7.82 Å². The van der Waals surface area contributed by atoms with Gasteiger partial charge >= 0.3 is 7.82 Å². The van der Waals surface area contributed by atoms with Crippen LogP contribution in [0.3, 0.4) is 0 Å². The standard InChI is InChI=1S/C22H27N2O5P/c25-22-9-14-5-15(10-22)8-21(7-14,12-22)20(29-30(26,27)28)6-18-16-3-1-2-4-17(16)19-11-23-13-24(18)19/h1-4,11,13-15,18,20,25H,5-10,12H2,(H2,26,27,28). The highest BCUT2D eigenvalue weighted by atomic mass is 31.2. The van der Waals surface area contributed by atoms with E-state index in [2.05, 4.69) is 21.7 Å². The molecule has 1 aliphatic heterocycles. The molecule has 7 nitrogen and oxygen atoms in total. The predicted molar refractivity (Wildman–Crippen MR) is 109 cm³/mol. The second-order valence-electron chi connectivity index (χ2n) is 10.2. The van der Waals surface area contributed by atoms with Gasteiger partial charge in [0.25, 0.3) is 0 Å². The first-order chi connectivity index (χ1) is 14.2. The van der Waals surface area contributed by atoms with Crippen LogP contribution in [0.15, 0.2) is 36.8 Å². The zero-order chi connectivity index (χ0) is 20.7. The first kappa shape index (κ1) is 19.2. The van der Waals surface area contributed by atoms with Crippen LogP contribution in [0, 0.1) is 17.3 Å². The molecule has 0 amide bonds. The highest BCUT2D eigenvalue weighted by Gasteiger charge is 2.61. The maximum atomic E-state index is 12.0. The van der Waals surface area contributed by atoms with Crippen LogP contribution in [0.4, 0.5) is 0 Å². The molecular formula is C22H27N2O5P. The molecule has 4 aliphatic carbocycles. The number of nitrogens with zero attached hydrogens (tertiary/aromatic N) is 2. The van der Waals surface area contributed by atoms with Crippen LogP contribution in [0.2, 0.25) is 0 Å². The molecule has 0 saturated heterocycles. The van der Waals surface area contributed by atoms with Crippen LogP contribution in [-0.4, -0.2) is 36.1 Å². The number of hydrogen-bond acceptors (Lipinski definition) is 4. The number of phosphoric acid groups is 1. The third-order valence-corrected chi connectivity index (χ3v) is 8.59. The Morgan fingerprint density at radius 2 is 1.93 bits per heavy atom. The van der Waals surface area contributed by atoms with E-state index in [1.807, 2.05) is 18.3 Å². The van der Waals surface area contributed by atoms with Gasteiger partial charge in [-0.2, -0.15) is 0 Å².